The summed E-state index contributed by atoms with van der Waals surface area (Å²) >= 11 is 0. The summed E-state index contributed by atoms with van der Waals surface area (Å²) in [6, 6.07) is 5.27. The van der Waals surface area contributed by atoms with Gasteiger partial charge < -0.3 is 19.5 Å². The molecule has 2 aromatic rings. The fourth-order valence-corrected chi connectivity index (χ4v) is 4.05. The Morgan fingerprint density at radius 2 is 1.81 bits per heavy atom. The van der Waals surface area contributed by atoms with Crippen LogP contribution in [-0.2, 0) is 22.1 Å². The van der Waals surface area contributed by atoms with E-state index in [2.05, 4.69) is 4.98 Å². The summed E-state index contributed by atoms with van der Waals surface area (Å²) < 4.78 is 44.0. The van der Waals surface area contributed by atoms with E-state index in [1.807, 2.05) is 18.7 Å². The topological polar surface area (TPSA) is 65.6 Å². The van der Waals surface area contributed by atoms with Gasteiger partial charge in [0, 0.05) is 44.0 Å². The number of nitrogens with one attached hydrogen (secondary N) is 1. The number of carbonyl (C=O) groups is 2. The number of amides is 1. The predicted molar refractivity (Wildman–Crippen MR) is 115 cm³/mol. The average molecular weight is 451 g/mol. The van der Waals surface area contributed by atoms with E-state index in [0.717, 1.165) is 29.0 Å². The molecule has 0 spiro atoms. The lowest BCUT2D eigenvalue weighted by Crippen LogP contribution is -2.48. The molecule has 0 aliphatic carbocycles. The van der Waals surface area contributed by atoms with Gasteiger partial charge in [-0.05, 0) is 56.5 Å². The van der Waals surface area contributed by atoms with Gasteiger partial charge in [0.1, 0.15) is 5.69 Å². The standard InChI is InChI=1S/C23H28F3N3O3/c1-4-32-22(31)21-15(2)19(16(3)27-21)8-9-20(30)29-12-10-28(11-13-29)18-7-5-6-17(14-18)23(24,25)26/h5-7,14,27H,4,8-13H2,1-3H3. The first-order valence-electron chi connectivity index (χ1n) is 10.7. The Morgan fingerprint density at radius 3 is 2.44 bits per heavy atom. The lowest BCUT2D eigenvalue weighted by Gasteiger charge is -2.36. The molecule has 1 amide bonds. The van der Waals surface area contributed by atoms with Crippen molar-refractivity contribution in [3.63, 3.8) is 0 Å². The molecule has 1 aromatic heterocycles. The number of halogens is 3. The van der Waals surface area contributed by atoms with Crippen LogP contribution in [-0.4, -0.2) is 54.5 Å². The Bertz CT molecular complexity index is 977. The van der Waals surface area contributed by atoms with Gasteiger partial charge >= 0.3 is 12.1 Å². The number of benzene rings is 1. The summed E-state index contributed by atoms with van der Waals surface area (Å²) in [7, 11) is 0. The highest BCUT2D eigenvalue weighted by Gasteiger charge is 2.31. The van der Waals surface area contributed by atoms with Crippen molar-refractivity contribution in [1.82, 2.24) is 9.88 Å². The van der Waals surface area contributed by atoms with Crippen LogP contribution in [0.15, 0.2) is 24.3 Å². The van der Waals surface area contributed by atoms with Gasteiger partial charge in [-0.3, -0.25) is 4.79 Å². The molecule has 0 unspecified atom stereocenters. The van der Waals surface area contributed by atoms with Crippen LogP contribution in [0.3, 0.4) is 0 Å². The summed E-state index contributed by atoms with van der Waals surface area (Å²) in [5.74, 6) is -0.414. The first-order valence-corrected chi connectivity index (χ1v) is 10.7. The Labute approximate surface area is 185 Å². The van der Waals surface area contributed by atoms with Gasteiger partial charge in [0.25, 0.3) is 0 Å². The van der Waals surface area contributed by atoms with E-state index in [0.29, 0.717) is 50.4 Å². The van der Waals surface area contributed by atoms with Crippen LogP contribution in [0.25, 0.3) is 0 Å². The summed E-state index contributed by atoms with van der Waals surface area (Å²) in [5.41, 5.74) is 2.83. The average Bonchev–Trinajstić information content (AvgIpc) is 3.05. The zero-order chi connectivity index (χ0) is 23.5. The second-order valence-corrected chi connectivity index (χ2v) is 7.86. The molecule has 1 aromatic carbocycles. The van der Waals surface area contributed by atoms with Gasteiger partial charge in [-0.25, -0.2) is 4.79 Å². The van der Waals surface area contributed by atoms with Gasteiger partial charge in [-0.1, -0.05) is 6.07 Å². The molecule has 0 atom stereocenters. The number of hydrogen-bond donors (Lipinski definition) is 1. The Kier molecular flexibility index (Phi) is 7.16. The largest absolute Gasteiger partial charge is 0.461 e. The molecule has 1 fully saturated rings. The van der Waals surface area contributed by atoms with Crippen molar-refractivity contribution >= 4 is 17.6 Å². The summed E-state index contributed by atoms with van der Waals surface area (Å²) in [6.45, 7) is 7.59. The number of carbonyl (C=O) groups excluding carboxylic acids is 2. The second kappa shape index (κ2) is 9.67. The van der Waals surface area contributed by atoms with Gasteiger partial charge in [0.05, 0.1) is 12.2 Å². The van der Waals surface area contributed by atoms with Crippen molar-refractivity contribution in [3.05, 3.63) is 52.3 Å². The number of H-pyrrole nitrogens is 1. The first-order chi connectivity index (χ1) is 15.1. The first kappa shape index (κ1) is 23.7. The molecule has 0 saturated carbocycles. The summed E-state index contributed by atoms with van der Waals surface area (Å²) in [6.07, 6.45) is -3.58. The zero-order valence-corrected chi connectivity index (χ0v) is 18.5. The van der Waals surface area contributed by atoms with E-state index in [1.165, 1.54) is 6.07 Å². The van der Waals surface area contributed by atoms with Crippen LogP contribution in [0.2, 0.25) is 0 Å². The third kappa shape index (κ3) is 5.26. The quantitative estimate of drug-likeness (QED) is 0.672. The van der Waals surface area contributed by atoms with Gasteiger partial charge in [0.15, 0.2) is 0 Å². The molecule has 3 rings (SSSR count). The van der Waals surface area contributed by atoms with Crippen molar-refractivity contribution in [2.45, 2.75) is 39.8 Å². The molecule has 0 radical (unpaired) electrons. The molecule has 174 valence electrons. The highest BCUT2D eigenvalue weighted by molar-refractivity contribution is 5.90. The molecular weight excluding hydrogens is 423 g/mol. The Balaban J connectivity index is 1.56. The predicted octanol–water partition coefficient (Wildman–Crippen LogP) is 4.11. The van der Waals surface area contributed by atoms with Crippen LogP contribution in [0, 0.1) is 13.8 Å². The normalized spacial score (nSPS) is 14.6. The molecule has 6 nitrogen and oxygen atoms in total. The summed E-state index contributed by atoms with van der Waals surface area (Å²) in [4.78, 5) is 31.4. The number of hydrogen-bond acceptors (Lipinski definition) is 4. The van der Waals surface area contributed by atoms with Crippen molar-refractivity contribution in [2.75, 3.05) is 37.7 Å². The number of rotatable bonds is 6. The van der Waals surface area contributed by atoms with E-state index in [-0.39, 0.29) is 12.5 Å². The minimum Gasteiger partial charge on any atom is -0.461 e. The SMILES string of the molecule is CCOC(=O)c1[nH]c(C)c(CCC(=O)N2CCN(c3cccc(C(F)(F)F)c3)CC2)c1C. The monoisotopic (exact) mass is 451 g/mol. The third-order valence-corrected chi connectivity index (χ3v) is 5.83. The smallest absolute Gasteiger partial charge is 0.416 e. The fraction of sp³-hybridized carbons (Fsp3) is 0.478. The lowest BCUT2D eigenvalue weighted by molar-refractivity contribution is -0.137. The molecular formula is C23H28F3N3O3. The third-order valence-electron chi connectivity index (χ3n) is 5.83. The molecule has 1 aliphatic heterocycles. The minimum atomic E-state index is -4.38. The molecule has 32 heavy (non-hydrogen) atoms. The molecule has 2 heterocycles. The number of aryl methyl sites for hydroxylation is 1. The minimum absolute atomic E-state index is 0.00798. The van der Waals surface area contributed by atoms with Crippen LogP contribution in [0.5, 0.6) is 0 Å². The van der Waals surface area contributed by atoms with E-state index in [1.54, 1.807) is 17.9 Å². The zero-order valence-electron chi connectivity index (χ0n) is 18.5. The highest BCUT2D eigenvalue weighted by Crippen LogP contribution is 2.32. The number of nitrogens with zero attached hydrogens (tertiary/aromatic N) is 2. The van der Waals surface area contributed by atoms with Crippen LogP contribution < -0.4 is 4.90 Å². The van der Waals surface area contributed by atoms with Crippen molar-refractivity contribution in [1.29, 1.82) is 0 Å². The van der Waals surface area contributed by atoms with E-state index >= 15 is 0 Å². The maximum atomic E-state index is 13.0. The maximum absolute atomic E-state index is 13.0. The maximum Gasteiger partial charge on any atom is 0.416 e. The Morgan fingerprint density at radius 1 is 1.12 bits per heavy atom. The molecule has 1 N–H and O–H groups in total. The second-order valence-electron chi connectivity index (χ2n) is 7.86. The van der Waals surface area contributed by atoms with Gasteiger partial charge in [0.2, 0.25) is 5.91 Å². The number of piperazine rings is 1. The number of ether oxygens (including phenoxy) is 1. The number of esters is 1. The van der Waals surface area contributed by atoms with Crippen LogP contribution >= 0.6 is 0 Å². The van der Waals surface area contributed by atoms with Gasteiger partial charge in [-0.15, -0.1) is 0 Å². The highest BCUT2D eigenvalue weighted by atomic mass is 19.4. The van der Waals surface area contributed by atoms with Crippen molar-refractivity contribution in [3.8, 4) is 0 Å². The van der Waals surface area contributed by atoms with Crippen LogP contribution in [0.4, 0.5) is 18.9 Å². The van der Waals surface area contributed by atoms with E-state index in [4.69, 9.17) is 4.74 Å². The molecule has 9 heteroatoms. The molecule has 1 saturated heterocycles. The Hall–Kier alpha value is -2.97. The van der Waals surface area contributed by atoms with Crippen molar-refractivity contribution in [2.24, 2.45) is 0 Å². The fourth-order valence-electron chi connectivity index (χ4n) is 4.05. The number of alkyl halides is 3. The summed E-state index contributed by atoms with van der Waals surface area (Å²) in [5, 5.41) is 0. The molecule has 0 bridgehead atoms. The van der Waals surface area contributed by atoms with E-state index < -0.39 is 17.7 Å². The molecule has 1 aliphatic rings. The van der Waals surface area contributed by atoms with Crippen molar-refractivity contribution < 1.29 is 27.5 Å². The number of anilines is 1. The number of aromatic nitrogens is 1. The van der Waals surface area contributed by atoms with Gasteiger partial charge in [-0.2, -0.15) is 13.2 Å². The number of aromatic amines is 1. The van der Waals surface area contributed by atoms with Crippen LogP contribution in [0.1, 0.15) is 46.2 Å². The lowest BCUT2D eigenvalue weighted by atomic mass is 10.0. The van der Waals surface area contributed by atoms with E-state index in [9.17, 15) is 22.8 Å².